The molecule has 2 heterocycles. The molecule has 2 aromatic heterocycles. The molecule has 0 radical (unpaired) electrons. The van der Waals surface area contributed by atoms with Gasteiger partial charge in [0.15, 0.2) is 5.65 Å². The summed E-state index contributed by atoms with van der Waals surface area (Å²) in [6, 6.07) is 6.49. The third-order valence-corrected chi connectivity index (χ3v) is 3.03. The summed E-state index contributed by atoms with van der Waals surface area (Å²) in [5, 5.41) is 4.97. The quantitative estimate of drug-likeness (QED) is 0.730. The van der Waals surface area contributed by atoms with Gasteiger partial charge in [0.1, 0.15) is 11.0 Å². The molecule has 3 rings (SSSR count). The fourth-order valence-corrected chi connectivity index (χ4v) is 2.06. The molecule has 0 amide bonds. The SMILES string of the molecule is Nc1nc(Cl)c2cnn(Cc3ccccc3F)c2n1. The smallest absolute Gasteiger partial charge is 0.223 e. The van der Waals surface area contributed by atoms with Crippen LogP contribution >= 0.6 is 11.6 Å². The Labute approximate surface area is 112 Å². The summed E-state index contributed by atoms with van der Waals surface area (Å²) in [6.07, 6.45) is 1.54. The Bertz CT molecular complexity index is 755. The van der Waals surface area contributed by atoms with E-state index in [0.717, 1.165) is 0 Å². The third kappa shape index (κ3) is 2.10. The van der Waals surface area contributed by atoms with Gasteiger partial charge in [0, 0.05) is 5.56 Å². The molecule has 0 fully saturated rings. The second-order valence-electron chi connectivity index (χ2n) is 4.00. The van der Waals surface area contributed by atoms with E-state index in [1.165, 1.54) is 16.9 Å². The number of nitrogens with zero attached hydrogens (tertiary/aromatic N) is 4. The second-order valence-corrected chi connectivity index (χ2v) is 4.36. The Morgan fingerprint density at radius 1 is 1.26 bits per heavy atom. The van der Waals surface area contributed by atoms with Gasteiger partial charge in [-0.2, -0.15) is 10.1 Å². The van der Waals surface area contributed by atoms with Crippen molar-refractivity contribution in [3.8, 4) is 0 Å². The minimum atomic E-state index is -0.292. The lowest BCUT2D eigenvalue weighted by Gasteiger charge is -2.05. The van der Waals surface area contributed by atoms with E-state index in [2.05, 4.69) is 15.1 Å². The topological polar surface area (TPSA) is 69.6 Å². The lowest BCUT2D eigenvalue weighted by Crippen LogP contribution is -2.05. The number of hydrogen-bond donors (Lipinski definition) is 1. The summed E-state index contributed by atoms with van der Waals surface area (Å²) >= 11 is 5.95. The molecule has 5 nitrogen and oxygen atoms in total. The highest BCUT2D eigenvalue weighted by Crippen LogP contribution is 2.21. The van der Waals surface area contributed by atoms with Crippen LogP contribution in [0.3, 0.4) is 0 Å². The number of anilines is 1. The van der Waals surface area contributed by atoms with Crippen LogP contribution in [0, 0.1) is 5.82 Å². The maximum absolute atomic E-state index is 13.6. The number of rotatable bonds is 2. The molecular formula is C12H9ClFN5. The standard InChI is InChI=1S/C12H9ClFN5/c13-10-8-5-16-19(11(8)18-12(15)17-10)6-7-3-1-2-4-9(7)14/h1-5H,6H2,(H2,15,17,18). The van der Waals surface area contributed by atoms with Gasteiger partial charge in [0.25, 0.3) is 0 Å². The highest BCUT2D eigenvalue weighted by Gasteiger charge is 2.11. The van der Waals surface area contributed by atoms with Gasteiger partial charge >= 0.3 is 0 Å². The summed E-state index contributed by atoms with van der Waals surface area (Å²) in [5.41, 5.74) is 6.56. The van der Waals surface area contributed by atoms with Gasteiger partial charge in [0.05, 0.1) is 18.1 Å². The van der Waals surface area contributed by atoms with Crippen LogP contribution in [0.4, 0.5) is 10.3 Å². The van der Waals surface area contributed by atoms with Gasteiger partial charge in [-0.25, -0.2) is 14.1 Å². The summed E-state index contributed by atoms with van der Waals surface area (Å²) < 4.78 is 15.2. The van der Waals surface area contributed by atoms with Crippen molar-refractivity contribution in [2.24, 2.45) is 0 Å². The molecule has 2 N–H and O–H groups in total. The average Bonchev–Trinajstić information content (AvgIpc) is 2.76. The summed E-state index contributed by atoms with van der Waals surface area (Å²) in [7, 11) is 0. The minimum absolute atomic E-state index is 0.0628. The first-order valence-corrected chi connectivity index (χ1v) is 5.91. The van der Waals surface area contributed by atoms with Crippen LogP contribution in [0.2, 0.25) is 5.15 Å². The molecule has 0 aliphatic rings. The zero-order valence-electron chi connectivity index (χ0n) is 9.72. The van der Waals surface area contributed by atoms with Gasteiger partial charge in [-0.1, -0.05) is 29.8 Å². The molecule has 0 unspecified atom stereocenters. The zero-order valence-corrected chi connectivity index (χ0v) is 10.5. The fraction of sp³-hybridized carbons (Fsp3) is 0.0833. The van der Waals surface area contributed by atoms with Crippen LogP contribution < -0.4 is 5.73 Å². The van der Waals surface area contributed by atoms with E-state index < -0.39 is 0 Å². The van der Waals surface area contributed by atoms with Gasteiger partial charge in [-0.3, -0.25) is 0 Å². The minimum Gasteiger partial charge on any atom is -0.368 e. The number of fused-ring (bicyclic) bond motifs is 1. The summed E-state index contributed by atoms with van der Waals surface area (Å²) in [4.78, 5) is 7.93. The third-order valence-electron chi connectivity index (χ3n) is 2.74. The lowest BCUT2D eigenvalue weighted by atomic mass is 10.2. The number of nitrogen functional groups attached to an aromatic ring is 1. The van der Waals surface area contributed by atoms with Crippen molar-refractivity contribution in [2.75, 3.05) is 5.73 Å². The molecule has 0 aliphatic carbocycles. The van der Waals surface area contributed by atoms with Gasteiger partial charge in [0.2, 0.25) is 5.95 Å². The normalized spacial score (nSPS) is 11.1. The zero-order chi connectivity index (χ0) is 13.4. The Hall–Kier alpha value is -2.21. The number of aromatic nitrogens is 4. The Kier molecular flexibility index (Phi) is 2.79. The molecule has 1 aromatic carbocycles. The van der Waals surface area contributed by atoms with Gasteiger partial charge in [-0.15, -0.1) is 0 Å². The van der Waals surface area contributed by atoms with Crippen LogP contribution in [-0.2, 0) is 6.54 Å². The average molecular weight is 278 g/mol. The van der Waals surface area contributed by atoms with Crippen LogP contribution in [0.1, 0.15) is 5.56 Å². The molecule has 0 saturated carbocycles. The van der Waals surface area contributed by atoms with Gasteiger partial charge < -0.3 is 5.73 Å². The first-order chi connectivity index (χ1) is 9.15. The molecule has 96 valence electrons. The highest BCUT2D eigenvalue weighted by atomic mass is 35.5. The van der Waals surface area contributed by atoms with Crippen LogP contribution in [-0.4, -0.2) is 19.7 Å². The van der Waals surface area contributed by atoms with Crippen molar-refractivity contribution in [1.82, 2.24) is 19.7 Å². The van der Waals surface area contributed by atoms with E-state index in [4.69, 9.17) is 17.3 Å². The Balaban J connectivity index is 2.09. The summed E-state index contributed by atoms with van der Waals surface area (Å²) in [6.45, 7) is 0.253. The lowest BCUT2D eigenvalue weighted by molar-refractivity contribution is 0.589. The second kappa shape index (κ2) is 4.47. The molecule has 7 heteroatoms. The van der Waals surface area contributed by atoms with Crippen molar-refractivity contribution in [3.63, 3.8) is 0 Å². The molecule has 19 heavy (non-hydrogen) atoms. The number of hydrogen-bond acceptors (Lipinski definition) is 4. The van der Waals surface area contributed by atoms with E-state index in [1.54, 1.807) is 18.2 Å². The molecular weight excluding hydrogens is 269 g/mol. The number of nitrogens with two attached hydrogens (primary N) is 1. The van der Waals surface area contributed by atoms with Crippen molar-refractivity contribution in [2.45, 2.75) is 6.54 Å². The predicted octanol–water partition coefficient (Wildman–Crippen LogP) is 2.25. The molecule has 0 saturated heterocycles. The molecule has 3 aromatic rings. The van der Waals surface area contributed by atoms with E-state index in [-0.39, 0.29) is 23.5 Å². The van der Waals surface area contributed by atoms with Crippen molar-refractivity contribution in [1.29, 1.82) is 0 Å². The summed E-state index contributed by atoms with van der Waals surface area (Å²) in [5.74, 6) is -0.230. The monoisotopic (exact) mass is 277 g/mol. The highest BCUT2D eigenvalue weighted by molar-refractivity contribution is 6.34. The Morgan fingerprint density at radius 3 is 2.84 bits per heavy atom. The van der Waals surface area contributed by atoms with Crippen molar-refractivity contribution >= 4 is 28.6 Å². The van der Waals surface area contributed by atoms with Gasteiger partial charge in [-0.05, 0) is 6.07 Å². The number of benzene rings is 1. The maximum atomic E-state index is 13.6. The number of halogens is 2. The predicted molar refractivity (Wildman–Crippen MR) is 70.2 cm³/mol. The maximum Gasteiger partial charge on any atom is 0.223 e. The molecule has 0 spiro atoms. The van der Waals surface area contributed by atoms with E-state index in [0.29, 0.717) is 16.6 Å². The Morgan fingerprint density at radius 2 is 2.05 bits per heavy atom. The largest absolute Gasteiger partial charge is 0.368 e. The van der Waals surface area contributed by atoms with Crippen LogP contribution in [0.15, 0.2) is 30.5 Å². The van der Waals surface area contributed by atoms with E-state index in [9.17, 15) is 4.39 Å². The molecule has 0 atom stereocenters. The fourth-order valence-electron chi connectivity index (χ4n) is 1.84. The van der Waals surface area contributed by atoms with Crippen molar-refractivity contribution in [3.05, 3.63) is 47.0 Å². The van der Waals surface area contributed by atoms with E-state index in [1.807, 2.05) is 0 Å². The van der Waals surface area contributed by atoms with Crippen LogP contribution in [0.5, 0.6) is 0 Å². The van der Waals surface area contributed by atoms with Crippen LogP contribution in [0.25, 0.3) is 11.0 Å². The molecule has 0 aliphatic heterocycles. The molecule has 0 bridgehead atoms. The van der Waals surface area contributed by atoms with Crippen molar-refractivity contribution < 1.29 is 4.39 Å². The van der Waals surface area contributed by atoms with E-state index >= 15 is 0 Å². The first kappa shape index (κ1) is 11.9. The first-order valence-electron chi connectivity index (χ1n) is 5.53.